The lowest BCUT2D eigenvalue weighted by Gasteiger charge is -2.20. The van der Waals surface area contributed by atoms with Crippen LogP contribution in [0.3, 0.4) is 0 Å². The van der Waals surface area contributed by atoms with Crippen LogP contribution < -0.4 is 16.6 Å². The van der Waals surface area contributed by atoms with Gasteiger partial charge in [0.1, 0.15) is 18.0 Å². The molecule has 0 amide bonds. The maximum Gasteiger partial charge on any atom is 0.148 e. The third-order valence-electron chi connectivity index (χ3n) is 3.73. The fourth-order valence-corrected chi connectivity index (χ4v) is 3.97. The summed E-state index contributed by atoms with van der Waals surface area (Å²) in [6.07, 6.45) is 5.28. The molecule has 6 heteroatoms. The van der Waals surface area contributed by atoms with Gasteiger partial charge in [0.15, 0.2) is 0 Å². The van der Waals surface area contributed by atoms with Crippen LogP contribution in [0.1, 0.15) is 51.5 Å². The molecule has 1 fully saturated rings. The molecular formula is C14H25N5S. The van der Waals surface area contributed by atoms with Gasteiger partial charge in [0.2, 0.25) is 0 Å². The molecule has 1 saturated carbocycles. The Morgan fingerprint density at radius 1 is 1.35 bits per heavy atom. The van der Waals surface area contributed by atoms with Gasteiger partial charge < -0.3 is 10.7 Å². The van der Waals surface area contributed by atoms with Crippen molar-refractivity contribution in [2.75, 3.05) is 16.5 Å². The molecule has 1 aromatic rings. The molecule has 1 aromatic heterocycles. The highest BCUT2D eigenvalue weighted by atomic mass is 32.2. The minimum Gasteiger partial charge on any atom is -0.367 e. The van der Waals surface area contributed by atoms with E-state index < -0.39 is 0 Å². The predicted octanol–water partition coefficient (Wildman–Crippen LogP) is 2.97. The Hall–Kier alpha value is -1.01. The van der Waals surface area contributed by atoms with Gasteiger partial charge in [-0.2, -0.15) is 11.8 Å². The number of nitrogens with one attached hydrogen (secondary N) is 2. The average Bonchev–Trinajstić information content (AvgIpc) is 2.86. The first kappa shape index (κ1) is 15.4. The highest BCUT2D eigenvalue weighted by Crippen LogP contribution is 2.34. The number of nitrogens with two attached hydrogens (primary N) is 1. The lowest BCUT2D eigenvalue weighted by molar-refractivity contribution is 0.742. The maximum absolute atomic E-state index is 5.56. The van der Waals surface area contributed by atoms with Crippen LogP contribution in [0.2, 0.25) is 0 Å². The molecule has 2 unspecified atom stereocenters. The summed E-state index contributed by atoms with van der Waals surface area (Å²) in [5.41, 5.74) is 3.75. The van der Waals surface area contributed by atoms with Crippen molar-refractivity contribution in [3.05, 3.63) is 11.9 Å². The molecule has 2 rings (SSSR count). The zero-order chi connectivity index (χ0) is 14.5. The number of nitrogens with zero attached hydrogens (tertiary/aromatic N) is 2. The van der Waals surface area contributed by atoms with Gasteiger partial charge in [-0.05, 0) is 30.9 Å². The molecule has 0 bridgehead atoms. The minimum absolute atomic E-state index is 0.326. The molecule has 1 heterocycles. The number of aromatic nitrogens is 2. The van der Waals surface area contributed by atoms with Crippen LogP contribution in [0.5, 0.6) is 0 Å². The fraction of sp³-hybridized carbons (Fsp3) is 0.714. The molecule has 5 nitrogen and oxygen atoms in total. The topological polar surface area (TPSA) is 75.9 Å². The first-order chi connectivity index (χ1) is 9.65. The number of rotatable bonds is 6. The summed E-state index contributed by atoms with van der Waals surface area (Å²) in [4.78, 5) is 8.63. The molecule has 0 aromatic carbocycles. The number of nitrogen functional groups attached to an aromatic ring is 1. The number of hydrogen-bond donors (Lipinski definition) is 3. The number of hydrogen-bond acceptors (Lipinski definition) is 6. The van der Waals surface area contributed by atoms with E-state index in [1.165, 1.54) is 25.0 Å². The number of thioether (sulfide) groups is 1. The van der Waals surface area contributed by atoms with Crippen LogP contribution in [0.25, 0.3) is 0 Å². The Morgan fingerprint density at radius 2 is 2.10 bits per heavy atom. The second-order valence-electron chi connectivity index (χ2n) is 5.52. The van der Waals surface area contributed by atoms with E-state index in [1.807, 2.05) is 0 Å². The van der Waals surface area contributed by atoms with Crippen molar-refractivity contribution >= 4 is 23.4 Å². The molecular weight excluding hydrogens is 270 g/mol. The lowest BCUT2D eigenvalue weighted by Crippen LogP contribution is -2.20. The van der Waals surface area contributed by atoms with E-state index in [4.69, 9.17) is 5.84 Å². The minimum atomic E-state index is 0.326. The normalized spacial score (nSPS) is 22.2. The molecule has 1 aliphatic rings. The highest BCUT2D eigenvalue weighted by molar-refractivity contribution is 7.99. The Balaban J connectivity index is 2.10. The molecule has 112 valence electrons. The van der Waals surface area contributed by atoms with Crippen molar-refractivity contribution in [3.8, 4) is 0 Å². The Morgan fingerprint density at radius 3 is 2.75 bits per heavy atom. The third-order valence-corrected chi connectivity index (χ3v) is 4.96. The van der Waals surface area contributed by atoms with Crippen molar-refractivity contribution in [2.45, 2.75) is 57.2 Å². The quantitative estimate of drug-likeness (QED) is 0.553. The average molecular weight is 295 g/mol. The van der Waals surface area contributed by atoms with Gasteiger partial charge in [-0.3, -0.25) is 0 Å². The Labute approximate surface area is 125 Å². The van der Waals surface area contributed by atoms with E-state index in [-0.39, 0.29) is 0 Å². The maximum atomic E-state index is 5.56. The van der Waals surface area contributed by atoms with Gasteiger partial charge in [-0.15, -0.1) is 0 Å². The monoisotopic (exact) mass is 295 g/mol. The first-order valence-electron chi connectivity index (χ1n) is 7.35. The molecule has 0 saturated heterocycles. The fourth-order valence-electron chi connectivity index (χ4n) is 2.82. The van der Waals surface area contributed by atoms with Crippen molar-refractivity contribution in [2.24, 2.45) is 5.84 Å². The molecule has 0 aliphatic heterocycles. The van der Waals surface area contributed by atoms with Crippen LogP contribution >= 0.6 is 11.8 Å². The number of anilines is 2. The predicted molar refractivity (Wildman–Crippen MR) is 87.1 cm³/mol. The van der Waals surface area contributed by atoms with Crippen LogP contribution in [-0.2, 0) is 0 Å². The molecule has 4 N–H and O–H groups in total. The van der Waals surface area contributed by atoms with E-state index in [0.29, 0.717) is 12.0 Å². The van der Waals surface area contributed by atoms with Crippen molar-refractivity contribution < 1.29 is 0 Å². The summed E-state index contributed by atoms with van der Waals surface area (Å²) in [7, 11) is 0. The van der Waals surface area contributed by atoms with Gasteiger partial charge in [0.05, 0.1) is 0 Å². The van der Waals surface area contributed by atoms with E-state index in [0.717, 1.165) is 22.4 Å². The van der Waals surface area contributed by atoms with E-state index in [9.17, 15) is 0 Å². The largest absolute Gasteiger partial charge is 0.367 e. The van der Waals surface area contributed by atoms with Gasteiger partial charge in [0.25, 0.3) is 0 Å². The summed E-state index contributed by atoms with van der Waals surface area (Å²) in [6, 6.07) is 0.511. The van der Waals surface area contributed by atoms with Gasteiger partial charge >= 0.3 is 0 Å². The smallest absolute Gasteiger partial charge is 0.148 e. The Kier molecular flexibility index (Phi) is 5.48. The molecule has 20 heavy (non-hydrogen) atoms. The van der Waals surface area contributed by atoms with E-state index in [2.05, 4.69) is 53.2 Å². The lowest BCUT2D eigenvalue weighted by atomic mass is 10.0. The SMILES string of the molecule is CCSC1CCC(Nc2ncnc(NN)c2C(C)C)C1. The van der Waals surface area contributed by atoms with Gasteiger partial charge in [-0.25, -0.2) is 15.8 Å². The standard InChI is InChI=1S/C14H25N5S/c1-4-20-11-6-5-10(7-11)18-13-12(9(2)3)14(19-15)17-8-16-13/h8-11H,4-7,15H2,1-3H3,(H2,16,17,18,19). The number of hydrazine groups is 1. The first-order valence-corrected chi connectivity index (χ1v) is 8.40. The van der Waals surface area contributed by atoms with Crippen molar-refractivity contribution in [1.29, 1.82) is 0 Å². The summed E-state index contributed by atoms with van der Waals surface area (Å²) in [6.45, 7) is 6.50. The van der Waals surface area contributed by atoms with Crippen LogP contribution in [0.15, 0.2) is 6.33 Å². The third kappa shape index (κ3) is 3.55. The summed E-state index contributed by atoms with van der Waals surface area (Å²) in [5, 5.41) is 4.38. The second kappa shape index (κ2) is 7.13. The molecule has 0 radical (unpaired) electrons. The summed E-state index contributed by atoms with van der Waals surface area (Å²) in [5.74, 6) is 8.72. The van der Waals surface area contributed by atoms with Crippen LogP contribution in [-0.4, -0.2) is 27.0 Å². The van der Waals surface area contributed by atoms with E-state index >= 15 is 0 Å². The van der Waals surface area contributed by atoms with Gasteiger partial charge in [0, 0.05) is 16.9 Å². The zero-order valence-electron chi connectivity index (χ0n) is 12.5. The molecule has 2 atom stereocenters. The van der Waals surface area contributed by atoms with Gasteiger partial charge in [-0.1, -0.05) is 20.8 Å². The Bertz CT molecular complexity index is 438. The summed E-state index contributed by atoms with van der Waals surface area (Å²) < 4.78 is 0. The van der Waals surface area contributed by atoms with E-state index in [1.54, 1.807) is 6.33 Å². The van der Waals surface area contributed by atoms with Crippen molar-refractivity contribution in [3.63, 3.8) is 0 Å². The van der Waals surface area contributed by atoms with Crippen LogP contribution in [0.4, 0.5) is 11.6 Å². The van der Waals surface area contributed by atoms with Crippen LogP contribution in [0, 0.1) is 0 Å². The summed E-state index contributed by atoms with van der Waals surface area (Å²) >= 11 is 2.07. The molecule has 0 spiro atoms. The zero-order valence-corrected chi connectivity index (χ0v) is 13.3. The van der Waals surface area contributed by atoms with Crippen molar-refractivity contribution in [1.82, 2.24) is 9.97 Å². The second-order valence-corrected chi connectivity index (χ2v) is 7.09. The molecule has 1 aliphatic carbocycles. The highest BCUT2D eigenvalue weighted by Gasteiger charge is 2.26.